The lowest BCUT2D eigenvalue weighted by Crippen LogP contribution is -2.39. The van der Waals surface area contributed by atoms with Crippen LogP contribution in [0.4, 0.5) is 13.2 Å². The minimum Gasteiger partial charge on any atom is -0.406 e. The molecule has 1 rings (SSSR count). The Morgan fingerprint density at radius 3 is 2.43 bits per heavy atom. The smallest absolute Gasteiger partial charge is 0.406 e. The van der Waals surface area contributed by atoms with Crippen LogP contribution in [0.15, 0.2) is 24.3 Å². The third-order valence-electron chi connectivity index (χ3n) is 3.73. The van der Waals surface area contributed by atoms with E-state index >= 15 is 0 Å². The number of aliphatic hydroxyl groups is 1. The molecule has 0 bridgehead atoms. The van der Waals surface area contributed by atoms with E-state index < -0.39 is 18.0 Å². The molecule has 1 aromatic rings. The number of hydrogen-bond donors (Lipinski definition) is 2. The average molecular weight is 333 g/mol. The molecule has 0 aliphatic heterocycles. The number of hydrogen-bond acceptors (Lipinski definition) is 3. The van der Waals surface area contributed by atoms with Gasteiger partial charge in [-0.05, 0) is 37.5 Å². The van der Waals surface area contributed by atoms with Crippen molar-refractivity contribution in [1.82, 2.24) is 5.32 Å². The summed E-state index contributed by atoms with van der Waals surface area (Å²) < 4.78 is 40.5. The summed E-state index contributed by atoms with van der Waals surface area (Å²) in [6, 6.07) is 4.91. The van der Waals surface area contributed by atoms with E-state index in [9.17, 15) is 23.1 Å². The first-order chi connectivity index (χ1) is 10.4. The monoisotopic (exact) mass is 333 g/mol. The van der Waals surface area contributed by atoms with E-state index in [0.717, 1.165) is 0 Å². The van der Waals surface area contributed by atoms with Gasteiger partial charge in [0, 0.05) is 0 Å². The summed E-state index contributed by atoms with van der Waals surface area (Å²) in [6.07, 6.45) is -4.85. The molecule has 0 fully saturated rings. The van der Waals surface area contributed by atoms with Crippen LogP contribution in [0.25, 0.3) is 0 Å². The van der Waals surface area contributed by atoms with Gasteiger partial charge in [0.1, 0.15) is 5.75 Å². The number of halogens is 3. The fourth-order valence-electron chi connectivity index (χ4n) is 1.89. The topological polar surface area (TPSA) is 58.6 Å². The Kier molecular flexibility index (Phi) is 6.04. The van der Waals surface area contributed by atoms with Crippen molar-refractivity contribution < 1.29 is 27.8 Å². The van der Waals surface area contributed by atoms with Crippen LogP contribution in [-0.2, 0) is 4.79 Å². The second-order valence-electron chi connectivity index (χ2n) is 6.10. The molecule has 23 heavy (non-hydrogen) atoms. The van der Waals surface area contributed by atoms with Crippen LogP contribution in [0.3, 0.4) is 0 Å². The Morgan fingerprint density at radius 1 is 1.30 bits per heavy atom. The predicted octanol–water partition coefficient (Wildman–Crippen LogP) is 3.56. The van der Waals surface area contributed by atoms with Crippen LogP contribution in [0.5, 0.6) is 5.75 Å². The van der Waals surface area contributed by atoms with Crippen molar-refractivity contribution in [1.29, 1.82) is 0 Å². The van der Waals surface area contributed by atoms with Crippen molar-refractivity contribution in [2.45, 2.75) is 52.1 Å². The van der Waals surface area contributed by atoms with Gasteiger partial charge in [-0.25, -0.2) is 0 Å². The van der Waals surface area contributed by atoms with E-state index in [2.05, 4.69) is 10.1 Å². The van der Waals surface area contributed by atoms with Crippen molar-refractivity contribution in [3.8, 4) is 5.75 Å². The molecule has 0 saturated carbocycles. The molecule has 0 saturated heterocycles. The highest BCUT2D eigenvalue weighted by Crippen LogP contribution is 2.26. The number of benzene rings is 1. The summed E-state index contributed by atoms with van der Waals surface area (Å²) in [5, 5.41) is 12.8. The number of carbonyl (C=O) groups is 1. The lowest BCUT2D eigenvalue weighted by molar-refractivity contribution is -0.274. The number of alkyl halides is 3. The quantitative estimate of drug-likeness (QED) is 0.837. The fourth-order valence-corrected chi connectivity index (χ4v) is 1.89. The lowest BCUT2D eigenvalue weighted by atomic mass is 9.89. The predicted molar refractivity (Wildman–Crippen MR) is 79.8 cm³/mol. The van der Waals surface area contributed by atoms with Gasteiger partial charge in [-0.15, -0.1) is 13.2 Å². The van der Waals surface area contributed by atoms with Crippen molar-refractivity contribution in [2.24, 2.45) is 5.92 Å². The first-order valence-electron chi connectivity index (χ1n) is 7.28. The number of ether oxygens (including phenoxy) is 1. The van der Waals surface area contributed by atoms with Gasteiger partial charge in [0.25, 0.3) is 0 Å². The molecule has 0 spiro atoms. The maximum absolute atomic E-state index is 12.2. The highest BCUT2D eigenvalue weighted by atomic mass is 19.4. The zero-order chi connectivity index (χ0) is 17.8. The molecule has 1 amide bonds. The molecule has 2 N–H and O–H groups in total. The standard InChI is InChI=1S/C16H22F3NO3/c1-10(2)15(4,22)9-14(21)20-11(3)12-6-5-7-13(8-12)23-16(17,18)19/h5-8,10-11,22H,9H2,1-4H3,(H,20,21)/t11-,15?/m0/s1. The van der Waals surface area contributed by atoms with E-state index in [1.54, 1.807) is 33.8 Å². The third kappa shape index (κ3) is 6.48. The van der Waals surface area contributed by atoms with Crippen molar-refractivity contribution in [3.63, 3.8) is 0 Å². The Morgan fingerprint density at radius 2 is 1.91 bits per heavy atom. The lowest BCUT2D eigenvalue weighted by Gasteiger charge is -2.27. The van der Waals surface area contributed by atoms with Crippen molar-refractivity contribution in [2.75, 3.05) is 0 Å². The fraction of sp³-hybridized carbons (Fsp3) is 0.562. The molecule has 7 heteroatoms. The summed E-state index contributed by atoms with van der Waals surface area (Å²) in [7, 11) is 0. The van der Waals surface area contributed by atoms with Gasteiger partial charge in [0.2, 0.25) is 5.91 Å². The molecule has 4 nitrogen and oxygen atoms in total. The zero-order valence-corrected chi connectivity index (χ0v) is 13.6. The highest BCUT2D eigenvalue weighted by molar-refractivity contribution is 5.77. The Bertz CT molecular complexity index is 542. The average Bonchev–Trinajstić information content (AvgIpc) is 2.35. The van der Waals surface area contributed by atoms with Crippen molar-refractivity contribution >= 4 is 5.91 Å². The maximum atomic E-state index is 12.2. The molecule has 1 unspecified atom stereocenters. The van der Waals surface area contributed by atoms with Crippen LogP contribution in [0.1, 0.15) is 45.7 Å². The van der Waals surface area contributed by atoms with E-state index in [4.69, 9.17) is 0 Å². The largest absolute Gasteiger partial charge is 0.573 e. The number of nitrogens with one attached hydrogen (secondary N) is 1. The number of rotatable bonds is 6. The van der Waals surface area contributed by atoms with Gasteiger partial charge in [-0.3, -0.25) is 4.79 Å². The Balaban J connectivity index is 2.73. The number of carbonyl (C=O) groups excluding carboxylic acids is 1. The number of amides is 1. The van der Waals surface area contributed by atoms with E-state index in [0.29, 0.717) is 5.56 Å². The van der Waals surface area contributed by atoms with Crippen LogP contribution >= 0.6 is 0 Å². The molecule has 0 aliphatic rings. The van der Waals surface area contributed by atoms with E-state index in [-0.39, 0.29) is 24.0 Å². The van der Waals surface area contributed by atoms with Crippen LogP contribution in [-0.4, -0.2) is 23.0 Å². The molecule has 1 aromatic carbocycles. The van der Waals surface area contributed by atoms with Crippen LogP contribution in [0.2, 0.25) is 0 Å². The molecule has 0 aliphatic carbocycles. The summed E-state index contributed by atoms with van der Waals surface area (Å²) >= 11 is 0. The van der Waals surface area contributed by atoms with Crippen molar-refractivity contribution in [3.05, 3.63) is 29.8 Å². The molecule has 0 aromatic heterocycles. The van der Waals surface area contributed by atoms with E-state index in [1.807, 2.05) is 0 Å². The minimum absolute atomic E-state index is 0.0895. The summed E-state index contributed by atoms with van der Waals surface area (Å²) in [5.41, 5.74) is -0.672. The summed E-state index contributed by atoms with van der Waals surface area (Å²) in [5.74, 6) is -0.823. The van der Waals surface area contributed by atoms with Gasteiger partial charge < -0.3 is 15.2 Å². The normalized spacial score (nSPS) is 15.9. The van der Waals surface area contributed by atoms with Gasteiger partial charge in [-0.1, -0.05) is 26.0 Å². The van der Waals surface area contributed by atoms with Gasteiger partial charge in [0.15, 0.2) is 0 Å². The minimum atomic E-state index is -4.76. The summed E-state index contributed by atoms with van der Waals surface area (Å²) in [4.78, 5) is 12.0. The molecular weight excluding hydrogens is 311 g/mol. The van der Waals surface area contributed by atoms with Crippen LogP contribution in [0, 0.1) is 5.92 Å². The third-order valence-corrected chi connectivity index (χ3v) is 3.73. The summed E-state index contributed by atoms with van der Waals surface area (Å²) in [6.45, 7) is 6.82. The SMILES string of the molecule is CC(C)C(C)(O)CC(=O)N[C@@H](C)c1cccc(OC(F)(F)F)c1. The second-order valence-corrected chi connectivity index (χ2v) is 6.10. The first-order valence-corrected chi connectivity index (χ1v) is 7.28. The molecule has 0 heterocycles. The van der Waals surface area contributed by atoms with Gasteiger partial charge >= 0.3 is 6.36 Å². The van der Waals surface area contributed by atoms with Gasteiger partial charge in [0.05, 0.1) is 18.1 Å². The van der Waals surface area contributed by atoms with Crippen LogP contribution < -0.4 is 10.1 Å². The molecule has 130 valence electrons. The van der Waals surface area contributed by atoms with Gasteiger partial charge in [-0.2, -0.15) is 0 Å². The first kappa shape index (κ1) is 19.3. The van der Waals surface area contributed by atoms with E-state index in [1.165, 1.54) is 18.2 Å². The zero-order valence-electron chi connectivity index (χ0n) is 13.6. The second kappa shape index (κ2) is 7.21. The Hall–Kier alpha value is -1.76. The molecule has 0 radical (unpaired) electrons. The Labute approximate surface area is 133 Å². The highest BCUT2D eigenvalue weighted by Gasteiger charge is 2.31. The molecule has 2 atom stereocenters. The maximum Gasteiger partial charge on any atom is 0.573 e. The molecular formula is C16H22F3NO3.